The summed E-state index contributed by atoms with van der Waals surface area (Å²) in [7, 11) is 0. The minimum absolute atomic E-state index is 0.317. The molecule has 1 fully saturated rings. The maximum absolute atomic E-state index is 8.52. The molecule has 0 aromatic heterocycles. The first kappa shape index (κ1) is 9.01. The quantitative estimate of drug-likeness (QED) is 0.587. The van der Waals surface area contributed by atoms with Gasteiger partial charge in [-0.1, -0.05) is 12.8 Å². The Morgan fingerprint density at radius 3 is 2.64 bits per heavy atom. The zero-order chi connectivity index (χ0) is 7.94. The third-order valence-electron chi connectivity index (χ3n) is 2.42. The normalized spacial score (nSPS) is 19.4. The molecule has 0 spiro atoms. The zero-order valence-corrected chi connectivity index (χ0v) is 7.18. The smallest absolute Gasteiger partial charge is 0.0443 e. The molecule has 2 heteroatoms. The van der Waals surface area contributed by atoms with Crippen LogP contribution in [0, 0.1) is 5.92 Å². The highest BCUT2D eigenvalue weighted by atomic mass is 16.3. The number of hydrogen-bond donors (Lipinski definition) is 2. The highest BCUT2D eigenvalue weighted by Gasteiger charge is 2.13. The molecule has 66 valence electrons. The molecular formula is C9H19NO. The van der Waals surface area contributed by atoms with Gasteiger partial charge in [0.2, 0.25) is 0 Å². The second-order valence-electron chi connectivity index (χ2n) is 3.43. The third kappa shape index (κ3) is 3.73. The average Bonchev–Trinajstić information content (AvgIpc) is 2.50. The summed E-state index contributed by atoms with van der Waals surface area (Å²) < 4.78 is 0. The highest BCUT2D eigenvalue weighted by molar-refractivity contribution is 4.69. The van der Waals surface area contributed by atoms with Crippen molar-refractivity contribution in [2.24, 2.45) is 5.92 Å². The molecule has 1 rings (SSSR count). The highest BCUT2D eigenvalue weighted by Crippen LogP contribution is 2.23. The van der Waals surface area contributed by atoms with E-state index in [0.717, 1.165) is 18.9 Å². The SMILES string of the molecule is OCCCNCC1CCCC1. The predicted molar refractivity (Wildman–Crippen MR) is 46.5 cm³/mol. The molecule has 11 heavy (non-hydrogen) atoms. The van der Waals surface area contributed by atoms with Crippen LogP contribution in [0.25, 0.3) is 0 Å². The summed E-state index contributed by atoms with van der Waals surface area (Å²) in [6.07, 6.45) is 6.56. The Balaban J connectivity index is 1.86. The lowest BCUT2D eigenvalue weighted by molar-refractivity contribution is 0.284. The van der Waals surface area contributed by atoms with Gasteiger partial charge in [-0.3, -0.25) is 0 Å². The molecule has 0 aromatic carbocycles. The molecule has 0 bridgehead atoms. The van der Waals surface area contributed by atoms with E-state index in [1.165, 1.54) is 32.2 Å². The first-order valence-corrected chi connectivity index (χ1v) is 4.75. The van der Waals surface area contributed by atoms with E-state index < -0.39 is 0 Å². The molecule has 0 saturated heterocycles. The molecule has 0 aliphatic heterocycles. The van der Waals surface area contributed by atoms with E-state index in [0.29, 0.717) is 6.61 Å². The summed E-state index contributed by atoms with van der Waals surface area (Å²) in [4.78, 5) is 0. The van der Waals surface area contributed by atoms with Crippen LogP contribution in [0.1, 0.15) is 32.1 Å². The maximum Gasteiger partial charge on any atom is 0.0443 e. The van der Waals surface area contributed by atoms with Crippen molar-refractivity contribution < 1.29 is 5.11 Å². The average molecular weight is 157 g/mol. The molecule has 0 atom stereocenters. The number of nitrogens with one attached hydrogen (secondary N) is 1. The van der Waals surface area contributed by atoms with E-state index in [-0.39, 0.29) is 0 Å². The van der Waals surface area contributed by atoms with Gasteiger partial charge >= 0.3 is 0 Å². The Kier molecular flexibility index (Phi) is 4.55. The van der Waals surface area contributed by atoms with Crippen LogP contribution in [0.5, 0.6) is 0 Å². The summed E-state index contributed by atoms with van der Waals surface area (Å²) in [5.41, 5.74) is 0. The molecule has 0 aromatic rings. The largest absolute Gasteiger partial charge is 0.396 e. The molecule has 1 saturated carbocycles. The Morgan fingerprint density at radius 2 is 2.00 bits per heavy atom. The Morgan fingerprint density at radius 1 is 1.27 bits per heavy atom. The van der Waals surface area contributed by atoms with Crippen LogP contribution in [-0.4, -0.2) is 24.8 Å². The first-order chi connectivity index (χ1) is 5.43. The van der Waals surface area contributed by atoms with E-state index in [1.807, 2.05) is 0 Å². The van der Waals surface area contributed by atoms with Gasteiger partial charge in [0.05, 0.1) is 0 Å². The molecule has 0 heterocycles. The van der Waals surface area contributed by atoms with Gasteiger partial charge in [0, 0.05) is 6.61 Å². The Labute approximate surface area is 69.0 Å². The molecule has 1 aliphatic rings. The van der Waals surface area contributed by atoms with Crippen molar-refractivity contribution in [2.75, 3.05) is 19.7 Å². The van der Waals surface area contributed by atoms with Crippen LogP contribution in [-0.2, 0) is 0 Å². The van der Waals surface area contributed by atoms with E-state index in [4.69, 9.17) is 5.11 Å². The van der Waals surface area contributed by atoms with Crippen molar-refractivity contribution in [3.8, 4) is 0 Å². The minimum atomic E-state index is 0.317. The molecular weight excluding hydrogens is 138 g/mol. The van der Waals surface area contributed by atoms with Gasteiger partial charge in [-0.2, -0.15) is 0 Å². The minimum Gasteiger partial charge on any atom is -0.396 e. The van der Waals surface area contributed by atoms with E-state index in [1.54, 1.807) is 0 Å². The van der Waals surface area contributed by atoms with Crippen molar-refractivity contribution in [3.63, 3.8) is 0 Å². The lowest BCUT2D eigenvalue weighted by atomic mass is 10.1. The van der Waals surface area contributed by atoms with Crippen molar-refractivity contribution in [1.82, 2.24) is 5.32 Å². The van der Waals surface area contributed by atoms with Crippen LogP contribution in [0.4, 0.5) is 0 Å². The molecule has 0 unspecified atom stereocenters. The standard InChI is InChI=1S/C9H19NO/c11-7-3-6-10-8-9-4-1-2-5-9/h9-11H,1-8H2. The van der Waals surface area contributed by atoms with Crippen molar-refractivity contribution in [1.29, 1.82) is 0 Å². The van der Waals surface area contributed by atoms with Gasteiger partial charge in [0.15, 0.2) is 0 Å². The third-order valence-corrected chi connectivity index (χ3v) is 2.42. The van der Waals surface area contributed by atoms with Crippen LogP contribution in [0.15, 0.2) is 0 Å². The Bertz CT molecular complexity index is 89.6. The first-order valence-electron chi connectivity index (χ1n) is 4.75. The van der Waals surface area contributed by atoms with Gasteiger partial charge in [-0.05, 0) is 38.3 Å². The lowest BCUT2D eigenvalue weighted by Crippen LogP contribution is -2.22. The summed E-state index contributed by atoms with van der Waals surface area (Å²) in [5, 5.41) is 11.9. The summed E-state index contributed by atoms with van der Waals surface area (Å²) >= 11 is 0. The van der Waals surface area contributed by atoms with Gasteiger partial charge < -0.3 is 10.4 Å². The van der Waals surface area contributed by atoms with Gasteiger partial charge in [-0.15, -0.1) is 0 Å². The van der Waals surface area contributed by atoms with Crippen LogP contribution >= 0.6 is 0 Å². The van der Waals surface area contributed by atoms with E-state index in [2.05, 4.69) is 5.32 Å². The predicted octanol–water partition coefficient (Wildman–Crippen LogP) is 1.15. The fourth-order valence-electron chi connectivity index (χ4n) is 1.72. The monoisotopic (exact) mass is 157 g/mol. The number of rotatable bonds is 5. The number of hydrogen-bond acceptors (Lipinski definition) is 2. The number of aliphatic hydroxyl groups excluding tert-OH is 1. The van der Waals surface area contributed by atoms with E-state index >= 15 is 0 Å². The van der Waals surface area contributed by atoms with Gasteiger partial charge in [0.25, 0.3) is 0 Å². The summed E-state index contributed by atoms with van der Waals surface area (Å²) in [5.74, 6) is 0.925. The second-order valence-corrected chi connectivity index (χ2v) is 3.43. The topological polar surface area (TPSA) is 32.3 Å². The lowest BCUT2D eigenvalue weighted by Gasteiger charge is -2.09. The second kappa shape index (κ2) is 5.56. The Hall–Kier alpha value is -0.0800. The van der Waals surface area contributed by atoms with Crippen LogP contribution in [0.3, 0.4) is 0 Å². The fourth-order valence-corrected chi connectivity index (χ4v) is 1.72. The van der Waals surface area contributed by atoms with Crippen LogP contribution < -0.4 is 5.32 Å². The van der Waals surface area contributed by atoms with Crippen LogP contribution in [0.2, 0.25) is 0 Å². The van der Waals surface area contributed by atoms with Crippen molar-refractivity contribution in [2.45, 2.75) is 32.1 Å². The molecule has 0 amide bonds. The van der Waals surface area contributed by atoms with Gasteiger partial charge in [-0.25, -0.2) is 0 Å². The zero-order valence-electron chi connectivity index (χ0n) is 7.18. The molecule has 2 N–H and O–H groups in total. The summed E-state index contributed by atoms with van der Waals surface area (Å²) in [6, 6.07) is 0. The van der Waals surface area contributed by atoms with E-state index in [9.17, 15) is 0 Å². The number of aliphatic hydroxyl groups is 1. The molecule has 0 radical (unpaired) electrons. The van der Waals surface area contributed by atoms with Crippen molar-refractivity contribution >= 4 is 0 Å². The van der Waals surface area contributed by atoms with Crippen molar-refractivity contribution in [3.05, 3.63) is 0 Å². The molecule has 2 nitrogen and oxygen atoms in total. The fraction of sp³-hybridized carbons (Fsp3) is 1.00. The summed E-state index contributed by atoms with van der Waals surface area (Å²) in [6.45, 7) is 2.46. The molecule has 1 aliphatic carbocycles. The maximum atomic E-state index is 8.52. The van der Waals surface area contributed by atoms with Gasteiger partial charge in [0.1, 0.15) is 0 Å².